The van der Waals surface area contributed by atoms with E-state index in [4.69, 9.17) is 0 Å². The lowest BCUT2D eigenvalue weighted by atomic mass is 10.0. The topological polar surface area (TPSA) is 49.3 Å². The Morgan fingerprint density at radius 1 is 1.26 bits per heavy atom. The van der Waals surface area contributed by atoms with Crippen LogP contribution in [0.1, 0.15) is 37.7 Å². The van der Waals surface area contributed by atoms with Gasteiger partial charge in [-0.2, -0.15) is 0 Å². The van der Waals surface area contributed by atoms with Crippen molar-refractivity contribution in [3.63, 3.8) is 0 Å². The van der Waals surface area contributed by atoms with Gasteiger partial charge in [0, 0.05) is 19.4 Å². The summed E-state index contributed by atoms with van der Waals surface area (Å²) in [7, 11) is 0. The molecule has 2 N–H and O–H groups in total. The molecule has 1 saturated carbocycles. The highest BCUT2D eigenvalue weighted by molar-refractivity contribution is 5.76. The van der Waals surface area contributed by atoms with Crippen LogP contribution in [-0.2, 0) is 11.2 Å². The van der Waals surface area contributed by atoms with E-state index in [-0.39, 0.29) is 5.91 Å². The van der Waals surface area contributed by atoms with Crippen LogP contribution in [0.2, 0.25) is 0 Å². The predicted octanol–water partition coefficient (Wildman–Crippen LogP) is 2.29. The molecule has 3 heteroatoms. The number of hydrogen-bond acceptors (Lipinski definition) is 2. The van der Waals surface area contributed by atoms with Crippen LogP contribution >= 0.6 is 0 Å². The first-order valence-corrected chi connectivity index (χ1v) is 7.22. The molecule has 1 atom stereocenters. The number of hydrogen-bond donors (Lipinski definition) is 2. The Morgan fingerprint density at radius 2 is 1.95 bits per heavy atom. The van der Waals surface area contributed by atoms with Crippen molar-refractivity contribution in [3.8, 4) is 0 Å². The van der Waals surface area contributed by atoms with E-state index in [0.717, 1.165) is 5.56 Å². The van der Waals surface area contributed by atoms with Crippen LogP contribution < -0.4 is 5.32 Å². The second-order valence-corrected chi connectivity index (χ2v) is 5.50. The van der Waals surface area contributed by atoms with Crippen LogP contribution in [0.3, 0.4) is 0 Å². The van der Waals surface area contributed by atoms with Crippen LogP contribution in [0.25, 0.3) is 0 Å². The van der Waals surface area contributed by atoms with Gasteiger partial charge in [0.1, 0.15) is 0 Å². The lowest BCUT2D eigenvalue weighted by molar-refractivity contribution is -0.122. The molecule has 0 spiro atoms. The molecule has 19 heavy (non-hydrogen) atoms. The summed E-state index contributed by atoms with van der Waals surface area (Å²) < 4.78 is 0. The monoisotopic (exact) mass is 261 g/mol. The van der Waals surface area contributed by atoms with Crippen LogP contribution in [-0.4, -0.2) is 23.7 Å². The van der Waals surface area contributed by atoms with Crippen molar-refractivity contribution in [2.24, 2.45) is 5.92 Å². The summed E-state index contributed by atoms with van der Waals surface area (Å²) in [5.74, 6) is 0.644. The molecule has 1 fully saturated rings. The normalized spacial score (nSPS) is 17.3. The average Bonchev–Trinajstić information content (AvgIpc) is 2.90. The summed E-state index contributed by atoms with van der Waals surface area (Å²) in [6.07, 6.45) is 5.58. The van der Waals surface area contributed by atoms with Crippen molar-refractivity contribution in [1.82, 2.24) is 5.32 Å². The second-order valence-electron chi connectivity index (χ2n) is 5.50. The van der Waals surface area contributed by atoms with Crippen LogP contribution in [0.5, 0.6) is 0 Å². The quantitative estimate of drug-likeness (QED) is 0.825. The largest absolute Gasteiger partial charge is 0.391 e. The number of amides is 1. The van der Waals surface area contributed by atoms with E-state index in [9.17, 15) is 9.90 Å². The Labute approximate surface area is 115 Å². The van der Waals surface area contributed by atoms with E-state index in [2.05, 4.69) is 5.32 Å². The molecule has 3 nitrogen and oxygen atoms in total. The van der Waals surface area contributed by atoms with Gasteiger partial charge in [0.25, 0.3) is 0 Å². The van der Waals surface area contributed by atoms with Crippen LogP contribution in [0, 0.1) is 5.92 Å². The zero-order chi connectivity index (χ0) is 13.5. The van der Waals surface area contributed by atoms with E-state index in [1.807, 2.05) is 30.3 Å². The fourth-order valence-electron chi connectivity index (χ4n) is 2.74. The van der Waals surface area contributed by atoms with Gasteiger partial charge in [-0.1, -0.05) is 43.2 Å². The summed E-state index contributed by atoms with van der Waals surface area (Å²) in [6, 6.07) is 9.86. The van der Waals surface area contributed by atoms with Crippen molar-refractivity contribution in [1.29, 1.82) is 0 Å². The summed E-state index contributed by atoms with van der Waals surface area (Å²) in [5, 5.41) is 12.7. The maximum Gasteiger partial charge on any atom is 0.220 e. The minimum Gasteiger partial charge on any atom is -0.391 e. The van der Waals surface area contributed by atoms with Gasteiger partial charge in [0.2, 0.25) is 5.91 Å². The highest BCUT2D eigenvalue weighted by Crippen LogP contribution is 2.27. The molecular formula is C16H23NO2. The molecule has 1 aliphatic rings. The summed E-state index contributed by atoms with van der Waals surface area (Å²) in [5.41, 5.74) is 1.10. The summed E-state index contributed by atoms with van der Waals surface area (Å²) in [6.45, 7) is 0.348. The first-order chi connectivity index (χ1) is 9.24. The minimum atomic E-state index is -0.505. The predicted molar refractivity (Wildman–Crippen MR) is 75.7 cm³/mol. The molecule has 0 saturated heterocycles. The van der Waals surface area contributed by atoms with Gasteiger partial charge < -0.3 is 10.4 Å². The minimum absolute atomic E-state index is 0.0824. The van der Waals surface area contributed by atoms with E-state index in [1.165, 1.54) is 25.7 Å². The maximum atomic E-state index is 11.7. The molecule has 104 valence electrons. The number of aliphatic hydroxyl groups is 1. The van der Waals surface area contributed by atoms with Crippen LogP contribution in [0.4, 0.5) is 0 Å². The highest BCUT2D eigenvalue weighted by atomic mass is 16.3. The Kier molecular flexibility index (Phi) is 5.40. The molecule has 0 aromatic heterocycles. The molecule has 0 heterocycles. The lowest BCUT2D eigenvalue weighted by Gasteiger charge is -2.13. The van der Waals surface area contributed by atoms with Gasteiger partial charge in [-0.15, -0.1) is 0 Å². The van der Waals surface area contributed by atoms with Gasteiger partial charge in [0.05, 0.1) is 6.10 Å². The number of carbonyl (C=O) groups excluding carboxylic acids is 1. The van der Waals surface area contributed by atoms with Gasteiger partial charge in [-0.05, 0) is 24.3 Å². The van der Waals surface area contributed by atoms with E-state index < -0.39 is 6.10 Å². The Hall–Kier alpha value is -1.35. The fraction of sp³-hybridized carbons (Fsp3) is 0.562. The number of aliphatic hydroxyl groups excluding tert-OH is 1. The molecule has 2 rings (SSSR count). The molecule has 1 aliphatic carbocycles. The third-order valence-corrected chi connectivity index (χ3v) is 3.80. The Balaban J connectivity index is 1.65. The third-order valence-electron chi connectivity index (χ3n) is 3.80. The lowest BCUT2D eigenvalue weighted by Crippen LogP contribution is -2.33. The molecule has 0 bridgehead atoms. The Bertz CT molecular complexity index is 385. The molecule has 1 aromatic rings. The average molecular weight is 261 g/mol. The van der Waals surface area contributed by atoms with Gasteiger partial charge in [-0.25, -0.2) is 0 Å². The number of rotatable bonds is 6. The van der Waals surface area contributed by atoms with Crippen molar-refractivity contribution in [3.05, 3.63) is 35.9 Å². The van der Waals surface area contributed by atoms with Crippen LogP contribution in [0.15, 0.2) is 30.3 Å². The Morgan fingerprint density at radius 3 is 2.63 bits per heavy atom. The zero-order valence-corrected chi connectivity index (χ0v) is 11.3. The van der Waals surface area contributed by atoms with E-state index in [1.54, 1.807) is 0 Å². The first kappa shape index (κ1) is 14.1. The molecule has 0 aliphatic heterocycles. The standard InChI is InChI=1S/C16H23NO2/c18-15(10-13-6-2-1-3-7-13)12-17-16(19)11-14-8-4-5-9-14/h1-3,6-7,14-15,18H,4-5,8-12H2,(H,17,19). The maximum absolute atomic E-state index is 11.7. The molecular weight excluding hydrogens is 238 g/mol. The van der Waals surface area contributed by atoms with Gasteiger partial charge >= 0.3 is 0 Å². The molecule has 1 amide bonds. The first-order valence-electron chi connectivity index (χ1n) is 7.22. The highest BCUT2D eigenvalue weighted by Gasteiger charge is 2.18. The smallest absolute Gasteiger partial charge is 0.220 e. The molecule has 0 radical (unpaired) electrons. The van der Waals surface area contributed by atoms with Crippen molar-refractivity contribution in [2.75, 3.05) is 6.54 Å². The second kappa shape index (κ2) is 7.29. The molecule has 1 unspecified atom stereocenters. The van der Waals surface area contributed by atoms with E-state index in [0.29, 0.717) is 25.3 Å². The SMILES string of the molecule is O=C(CC1CCCC1)NCC(O)Cc1ccccc1. The van der Waals surface area contributed by atoms with Gasteiger partial charge in [-0.3, -0.25) is 4.79 Å². The van der Waals surface area contributed by atoms with Crippen molar-refractivity contribution < 1.29 is 9.90 Å². The van der Waals surface area contributed by atoms with Crippen molar-refractivity contribution in [2.45, 2.75) is 44.6 Å². The zero-order valence-electron chi connectivity index (χ0n) is 11.3. The fourth-order valence-corrected chi connectivity index (χ4v) is 2.74. The van der Waals surface area contributed by atoms with Crippen molar-refractivity contribution >= 4 is 5.91 Å². The summed E-state index contributed by atoms with van der Waals surface area (Å²) >= 11 is 0. The number of nitrogens with one attached hydrogen (secondary N) is 1. The number of benzene rings is 1. The van der Waals surface area contributed by atoms with E-state index >= 15 is 0 Å². The van der Waals surface area contributed by atoms with Gasteiger partial charge in [0.15, 0.2) is 0 Å². The number of carbonyl (C=O) groups is 1. The molecule has 1 aromatic carbocycles. The third kappa shape index (κ3) is 5.03. The summed E-state index contributed by atoms with van der Waals surface area (Å²) in [4.78, 5) is 11.7.